The number of rotatable bonds is 9. The Balaban J connectivity index is 2.72. The van der Waals surface area contributed by atoms with Crippen molar-refractivity contribution in [2.24, 2.45) is 0 Å². The van der Waals surface area contributed by atoms with Crippen LogP contribution in [0.5, 0.6) is 0 Å². The van der Waals surface area contributed by atoms with Gasteiger partial charge in [-0.25, -0.2) is 8.42 Å². The van der Waals surface area contributed by atoms with Gasteiger partial charge in [-0.2, -0.15) is 0 Å². The molecule has 0 aliphatic heterocycles. The molecule has 0 amide bonds. The lowest BCUT2D eigenvalue weighted by atomic mass is 9.98. The van der Waals surface area contributed by atoms with Crippen molar-refractivity contribution in [3.63, 3.8) is 0 Å². The molecule has 1 N–H and O–H groups in total. The summed E-state index contributed by atoms with van der Waals surface area (Å²) in [4.78, 5) is 0. The van der Waals surface area contributed by atoms with Crippen LogP contribution < -0.4 is 5.32 Å². The maximum atomic E-state index is 11.2. The van der Waals surface area contributed by atoms with Gasteiger partial charge >= 0.3 is 0 Å². The summed E-state index contributed by atoms with van der Waals surface area (Å²) in [6, 6.07) is 10.2. The lowest BCUT2D eigenvalue weighted by Crippen LogP contribution is -2.34. The Morgan fingerprint density at radius 3 is 2.40 bits per heavy atom. The number of hydrogen-bond donors (Lipinski definition) is 1. The molecule has 0 heterocycles. The standard InChI is InChI=1S/C15H25NO3S/c1-4-19-15(13-9-6-5-7-10-13)14(16-2)11-8-12-20(3,17)18/h5-7,9-10,14-16H,4,8,11-12H2,1-3H3. The van der Waals surface area contributed by atoms with Crippen LogP contribution in [0.25, 0.3) is 0 Å². The van der Waals surface area contributed by atoms with E-state index in [0.717, 1.165) is 12.0 Å². The molecule has 0 spiro atoms. The van der Waals surface area contributed by atoms with Crippen molar-refractivity contribution in [3.8, 4) is 0 Å². The Morgan fingerprint density at radius 1 is 1.25 bits per heavy atom. The van der Waals surface area contributed by atoms with E-state index in [2.05, 4.69) is 5.32 Å². The quantitative estimate of drug-likeness (QED) is 0.759. The molecule has 1 rings (SSSR count). The zero-order chi connectivity index (χ0) is 15.0. The van der Waals surface area contributed by atoms with Gasteiger partial charge in [0.25, 0.3) is 0 Å². The Kier molecular flexibility index (Phi) is 7.19. The van der Waals surface area contributed by atoms with E-state index >= 15 is 0 Å². The first-order chi connectivity index (χ1) is 9.48. The number of nitrogens with one attached hydrogen (secondary N) is 1. The number of ether oxygens (including phenoxy) is 1. The van der Waals surface area contributed by atoms with Crippen LogP contribution in [0.3, 0.4) is 0 Å². The molecule has 0 bridgehead atoms. The fourth-order valence-electron chi connectivity index (χ4n) is 2.28. The Hall–Kier alpha value is -0.910. The van der Waals surface area contributed by atoms with E-state index in [0.29, 0.717) is 13.0 Å². The van der Waals surface area contributed by atoms with E-state index in [1.165, 1.54) is 6.26 Å². The van der Waals surface area contributed by atoms with Crippen LogP contribution in [0.4, 0.5) is 0 Å². The second-order valence-electron chi connectivity index (χ2n) is 4.95. The van der Waals surface area contributed by atoms with Crippen LogP contribution in [-0.4, -0.2) is 40.1 Å². The molecule has 0 radical (unpaired) electrons. The molecule has 2 atom stereocenters. The highest BCUT2D eigenvalue weighted by atomic mass is 32.2. The minimum atomic E-state index is -2.90. The largest absolute Gasteiger partial charge is 0.372 e. The summed E-state index contributed by atoms with van der Waals surface area (Å²) in [6.45, 7) is 2.60. The van der Waals surface area contributed by atoms with E-state index in [-0.39, 0.29) is 17.9 Å². The highest BCUT2D eigenvalue weighted by molar-refractivity contribution is 7.90. The number of sulfone groups is 1. The monoisotopic (exact) mass is 299 g/mol. The molecule has 5 heteroatoms. The summed E-state index contributed by atoms with van der Waals surface area (Å²) in [7, 11) is -1.01. The summed E-state index contributed by atoms with van der Waals surface area (Å²) >= 11 is 0. The molecule has 2 unspecified atom stereocenters. The zero-order valence-corrected chi connectivity index (χ0v) is 13.3. The second-order valence-corrected chi connectivity index (χ2v) is 7.21. The maximum absolute atomic E-state index is 11.2. The minimum absolute atomic E-state index is 0.0502. The lowest BCUT2D eigenvalue weighted by molar-refractivity contribution is 0.0328. The Labute approximate surface area is 122 Å². The highest BCUT2D eigenvalue weighted by Crippen LogP contribution is 2.24. The molecule has 0 aliphatic carbocycles. The van der Waals surface area contributed by atoms with Crippen LogP contribution in [0.2, 0.25) is 0 Å². The van der Waals surface area contributed by atoms with E-state index < -0.39 is 9.84 Å². The van der Waals surface area contributed by atoms with Gasteiger partial charge in [-0.3, -0.25) is 0 Å². The van der Waals surface area contributed by atoms with Gasteiger partial charge in [0, 0.05) is 24.7 Å². The first kappa shape index (κ1) is 17.1. The van der Waals surface area contributed by atoms with Gasteiger partial charge in [0.1, 0.15) is 9.84 Å². The zero-order valence-electron chi connectivity index (χ0n) is 12.5. The topological polar surface area (TPSA) is 55.4 Å². The van der Waals surface area contributed by atoms with Crippen LogP contribution in [0, 0.1) is 0 Å². The maximum Gasteiger partial charge on any atom is 0.147 e. The summed E-state index contributed by atoms with van der Waals surface area (Å²) in [5, 5.41) is 3.25. The van der Waals surface area contributed by atoms with Gasteiger partial charge in [0.2, 0.25) is 0 Å². The van der Waals surface area contributed by atoms with Crippen LogP contribution >= 0.6 is 0 Å². The average molecular weight is 299 g/mol. The molecular formula is C15H25NO3S. The highest BCUT2D eigenvalue weighted by Gasteiger charge is 2.22. The fraction of sp³-hybridized carbons (Fsp3) is 0.600. The van der Waals surface area contributed by atoms with Crippen LogP contribution in [0.1, 0.15) is 31.4 Å². The Morgan fingerprint density at radius 2 is 1.90 bits per heavy atom. The Bertz CT molecular complexity index is 473. The van der Waals surface area contributed by atoms with Crippen molar-refractivity contribution >= 4 is 9.84 Å². The minimum Gasteiger partial charge on any atom is -0.372 e. The molecule has 1 aromatic carbocycles. The van der Waals surface area contributed by atoms with Gasteiger partial charge in [-0.15, -0.1) is 0 Å². The molecule has 114 valence electrons. The van der Waals surface area contributed by atoms with E-state index in [9.17, 15) is 8.42 Å². The lowest BCUT2D eigenvalue weighted by Gasteiger charge is -2.27. The third-order valence-corrected chi connectivity index (χ3v) is 4.27. The summed E-state index contributed by atoms with van der Waals surface area (Å²) in [6.07, 6.45) is 2.63. The average Bonchev–Trinajstić information content (AvgIpc) is 2.41. The molecule has 0 saturated heterocycles. The van der Waals surface area contributed by atoms with Gasteiger partial charge in [0.05, 0.1) is 6.10 Å². The predicted molar refractivity (Wildman–Crippen MR) is 82.6 cm³/mol. The molecule has 4 nitrogen and oxygen atoms in total. The van der Waals surface area contributed by atoms with E-state index in [1.807, 2.05) is 44.3 Å². The fourth-order valence-corrected chi connectivity index (χ4v) is 2.97. The third kappa shape index (κ3) is 6.03. The number of likely N-dealkylation sites (N-methyl/N-ethyl adjacent to an activating group) is 1. The summed E-state index contributed by atoms with van der Waals surface area (Å²) in [5.41, 5.74) is 1.12. The smallest absolute Gasteiger partial charge is 0.147 e. The molecule has 0 aromatic heterocycles. The molecule has 1 aromatic rings. The summed E-state index contributed by atoms with van der Waals surface area (Å²) < 4.78 is 28.3. The second kappa shape index (κ2) is 8.39. The van der Waals surface area contributed by atoms with E-state index in [1.54, 1.807) is 0 Å². The first-order valence-electron chi connectivity index (χ1n) is 6.99. The van der Waals surface area contributed by atoms with E-state index in [4.69, 9.17) is 4.74 Å². The first-order valence-corrected chi connectivity index (χ1v) is 9.05. The van der Waals surface area contributed by atoms with Crippen molar-refractivity contribution in [3.05, 3.63) is 35.9 Å². The number of benzene rings is 1. The SMILES string of the molecule is CCOC(c1ccccc1)C(CCCS(C)(=O)=O)NC. The van der Waals surface area contributed by atoms with Crippen molar-refractivity contribution in [1.29, 1.82) is 0 Å². The molecule has 0 saturated carbocycles. The van der Waals surface area contributed by atoms with Crippen molar-refractivity contribution in [2.75, 3.05) is 25.7 Å². The molecule has 0 fully saturated rings. The summed E-state index contributed by atoms with van der Waals surface area (Å²) in [5.74, 6) is 0.221. The van der Waals surface area contributed by atoms with Gasteiger partial charge in [0.15, 0.2) is 0 Å². The number of hydrogen-bond acceptors (Lipinski definition) is 4. The van der Waals surface area contributed by atoms with Crippen molar-refractivity contribution in [1.82, 2.24) is 5.32 Å². The van der Waals surface area contributed by atoms with Gasteiger partial charge < -0.3 is 10.1 Å². The molecule has 20 heavy (non-hydrogen) atoms. The third-order valence-electron chi connectivity index (χ3n) is 3.24. The predicted octanol–water partition coefficient (Wildman–Crippen LogP) is 2.18. The van der Waals surface area contributed by atoms with Gasteiger partial charge in [-0.1, -0.05) is 30.3 Å². The van der Waals surface area contributed by atoms with Crippen LogP contribution in [0.15, 0.2) is 30.3 Å². The molecule has 0 aliphatic rings. The normalized spacial score (nSPS) is 14.9. The van der Waals surface area contributed by atoms with Gasteiger partial charge in [-0.05, 0) is 32.4 Å². The van der Waals surface area contributed by atoms with Crippen molar-refractivity contribution in [2.45, 2.75) is 31.9 Å². The van der Waals surface area contributed by atoms with Crippen molar-refractivity contribution < 1.29 is 13.2 Å². The van der Waals surface area contributed by atoms with Crippen LogP contribution in [-0.2, 0) is 14.6 Å². The molecular weight excluding hydrogens is 274 g/mol.